The minimum atomic E-state index is 0.313. The summed E-state index contributed by atoms with van der Waals surface area (Å²) in [7, 11) is 0. The monoisotopic (exact) mass is 224 g/mol. The number of benzene rings is 2. The molecule has 0 bridgehead atoms. The van der Waals surface area contributed by atoms with E-state index >= 15 is 0 Å². The van der Waals surface area contributed by atoms with E-state index in [1.807, 2.05) is 48.5 Å². The summed E-state index contributed by atoms with van der Waals surface area (Å²) in [6.07, 6.45) is 0. The Bertz CT molecular complexity index is 560. The molecule has 2 heteroatoms. The first kappa shape index (κ1) is 9.97. The van der Waals surface area contributed by atoms with Gasteiger partial charge in [0.25, 0.3) is 0 Å². The molecule has 3 rings (SSSR count). The fraction of sp³-hybridized carbons (Fsp3) is 0.0667. The van der Waals surface area contributed by atoms with Crippen molar-refractivity contribution in [3.8, 4) is 11.5 Å². The average Bonchev–Trinajstić information content (AvgIpc) is 2.35. The van der Waals surface area contributed by atoms with E-state index in [1.54, 1.807) is 6.92 Å². The van der Waals surface area contributed by atoms with Gasteiger partial charge in [0, 0.05) is 16.7 Å². The fourth-order valence-corrected chi connectivity index (χ4v) is 2.18. The number of hydrogen-bond donors (Lipinski definition) is 1. The number of rotatable bonds is 0. The van der Waals surface area contributed by atoms with Crippen LogP contribution in [0, 0.1) is 0 Å². The Morgan fingerprint density at radius 3 is 1.82 bits per heavy atom. The molecule has 2 aromatic rings. The molecule has 17 heavy (non-hydrogen) atoms. The second kappa shape index (κ2) is 3.67. The molecule has 1 aliphatic rings. The lowest BCUT2D eigenvalue weighted by molar-refractivity contribution is 0.414. The SMILES string of the molecule is CC(O)=C1c2ccccc2Oc2ccccc21. The van der Waals surface area contributed by atoms with Crippen molar-refractivity contribution in [2.45, 2.75) is 6.92 Å². The highest BCUT2D eigenvalue weighted by molar-refractivity contribution is 5.88. The lowest BCUT2D eigenvalue weighted by Gasteiger charge is -2.23. The van der Waals surface area contributed by atoms with Gasteiger partial charge in [-0.25, -0.2) is 0 Å². The van der Waals surface area contributed by atoms with Gasteiger partial charge in [0.2, 0.25) is 0 Å². The zero-order chi connectivity index (χ0) is 11.8. The van der Waals surface area contributed by atoms with Gasteiger partial charge in [0.05, 0.1) is 5.76 Å². The van der Waals surface area contributed by atoms with Crippen molar-refractivity contribution in [2.75, 3.05) is 0 Å². The van der Waals surface area contributed by atoms with E-state index in [2.05, 4.69) is 0 Å². The minimum Gasteiger partial charge on any atom is -0.512 e. The van der Waals surface area contributed by atoms with Crippen molar-refractivity contribution in [3.63, 3.8) is 0 Å². The van der Waals surface area contributed by atoms with Crippen LogP contribution in [0.3, 0.4) is 0 Å². The van der Waals surface area contributed by atoms with E-state index in [-0.39, 0.29) is 0 Å². The van der Waals surface area contributed by atoms with Crippen LogP contribution in [-0.4, -0.2) is 5.11 Å². The van der Waals surface area contributed by atoms with Gasteiger partial charge in [-0.15, -0.1) is 0 Å². The van der Waals surface area contributed by atoms with Gasteiger partial charge in [-0.1, -0.05) is 36.4 Å². The standard InChI is InChI=1S/C15H12O2/c1-10(16)15-11-6-2-4-8-13(11)17-14-9-5-3-7-12(14)15/h2-9,16H,1H3. The second-order valence-corrected chi connectivity index (χ2v) is 4.05. The molecule has 0 aromatic heterocycles. The van der Waals surface area contributed by atoms with Crippen LogP contribution in [-0.2, 0) is 0 Å². The summed E-state index contributed by atoms with van der Waals surface area (Å²) in [6.45, 7) is 1.70. The van der Waals surface area contributed by atoms with Crippen LogP contribution in [0.5, 0.6) is 11.5 Å². The lowest BCUT2D eigenvalue weighted by atomic mass is 9.93. The maximum absolute atomic E-state index is 9.89. The summed E-state index contributed by atoms with van der Waals surface area (Å²) in [5, 5.41) is 9.89. The van der Waals surface area contributed by atoms with Crippen molar-refractivity contribution in [3.05, 3.63) is 65.4 Å². The van der Waals surface area contributed by atoms with Crippen LogP contribution < -0.4 is 4.74 Å². The van der Waals surface area contributed by atoms with Crippen molar-refractivity contribution < 1.29 is 9.84 Å². The van der Waals surface area contributed by atoms with E-state index in [1.165, 1.54) is 0 Å². The fourth-order valence-electron chi connectivity index (χ4n) is 2.18. The molecule has 0 radical (unpaired) electrons. The Hall–Kier alpha value is -2.22. The van der Waals surface area contributed by atoms with Crippen LogP contribution >= 0.6 is 0 Å². The molecule has 1 heterocycles. The van der Waals surface area contributed by atoms with Crippen molar-refractivity contribution >= 4 is 5.57 Å². The highest BCUT2D eigenvalue weighted by Crippen LogP contribution is 2.44. The highest BCUT2D eigenvalue weighted by Gasteiger charge is 2.22. The molecule has 0 unspecified atom stereocenters. The van der Waals surface area contributed by atoms with E-state index in [4.69, 9.17) is 4.74 Å². The van der Waals surface area contributed by atoms with Gasteiger partial charge in [0.1, 0.15) is 11.5 Å². The lowest BCUT2D eigenvalue weighted by Crippen LogP contribution is -2.03. The summed E-state index contributed by atoms with van der Waals surface area (Å²) < 4.78 is 5.81. The maximum atomic E-state index is 9.89. The number of aliphatic hydroxyl groups is 1. The number of hydrogen-bond acceptors (Lipinski definition) is 2. The number of allylic oxidation sites excluding steroid dienone is 1. The predicted molar refractivity (Wildman–Crippen MR) is 67.3 cm³/mol. The summed E-state index contributed by atoms with van der Waals surface area (Å²) in [6, 6.07) is 15.5. The van der Waals surface area contributed by atoms with Gasteiger partial charge in [0.15, 0.2) is 0 Å². The minimum absolute atomic E-state index is 0.313. The molecule has 2 aromatic carbocycles. The molecular formula is C15H12O2. The van der Waals surface area contributed by atoms with Crippen LogP contribution in [0.25, 0.3) is 5.57 Å². The molecule has 1 aliphatic heterocycles. The Balaban J connectivity index is 2.33. The van der Waals surface area contributed by atoms with Crippen LogP contribution in [0.1, 0.15) is 18.1 Å². The summed E-state index contributed by atoms with van der Waals surface area (Å²) in [5.41, 5.74) is 2.72. The van der Waals surface area contributed by atoms with Crippen LogP contribution in [0.15, 0.2) is 54.3 Å². The third-order valence-electron chi connectivity index (χ3n) is 2.89. The molecule has 0 spiro atoms. The average molecular weight is 224 g/mol. The second-order valence-electron chi connectivity index (χ2n) is 4.05. The van der Waals surface area contributed by atoms with Gasteiger partial charge < -0.3 is 9.84 Å². The topological polar surface area (TPSA) is 29.5 Å². The van der Waals surface area contributed by atoms with E-state index < -0.39 is 0 Å². The first-order valence-corrected chi connectivity index (χ1v) is 5.54. The summed E-state index contributed by atoms with van der Waals surface area (Å²) in [4.78, 5) is 0. The number of fused-ring (bicyclic) bond motifs is 2. The zero-order valence-corrected chi connectivity index (χ0v) is 9.47. The highest BCUT2D eigenvalue weighted by atomic mass is 16.5. The largest absolute Gasteiger partial charge is 0.512 e. The Morgan fingerprint density at radius 1 is 0.882 bits per heavy atom. The molecule has 0 amide bonds. The quantitative estimate of drug-likeness (QED) is 0.582. The van der Waals surface area contributed by atoms with Gasteiger partial charge in [-0.3, -0.25) is 0 Å². The third-order valence-corrected chi connectivity index (χ3v) is 2.89. The first-order valence-electron chi connectivity index (χ1n) is 5.54. The number of aliphatic hydroxyl groups excluding tert-OH is 1. The van der Waals surface area contributed by atoms with Gasteiger partial charge in [-0.2, -0.15) is 0 Å². The molecule has 1 N–H and O–H groups in total. The predicted octanol–water partition coefficient (Wildman–Crippen LogP) is 4.13. The molecule has 0 fully saturated rings. The summed E-state index contributed by atoms with van der Waals surface area (Å²) >= 11 is 0. The molecule has 0 atom stereocenters. The molecule has 0 saturated heterocycles. The summed E-state index contributed by atoms with van der Waals surface area (Å²) in [5.74, 6) is 1.89. The molecule has 2 nitrogen and oxygen atoms in total. The van der Waals surface area contributed by atoms with E-state index in [9.17, 15) is 5.11 Å². The van der Waals surface area contributed by atoms with Crippen molar-refractivity contribution in [1.29, 1.82) is 0 Å². The first-order chi connectivity index (χ1) is 8.27. The number of ether oxygens (including phenoxy) is 1. The van der Waals surface area contributed by atoms with Gasteiger partial charge >= 0.3 is 0 Å². The Kier molecular flexibility index (Phi) is 2.15. The number of para-hydroxylation sites is 2. The van der Waals surface area contributed by atoms with Crippen molar-refractivity contribution in [2.24, 2.45) is 0 Å². The van der Waals surface area contributed by atoms with E-state index in [0.717, 1.165) is 28.2 Å². The van der Waals surface area contributed by atoms with Crippen molar-refractivity contribution in [1.82, 2.24) is 0 Å². The van der Waals surface area contributed by atoms with Crippen LogP contribution in [0.2, 0.25) is 0 Å². The molecule has 84 valence electrons. The molecular weight excluding hydrogens is 212 g/mol. The molecule has 0 saturated carbocycles. The smallest absolute Gasteiger partial charge is 0.135 e. The third kappa shape index (κ3) is 1.49. The Morgan fingerprint density at radius 2 is 1.35 bits per heavy atom. The molecule has 0 aliphatic carbocycles. The van der Waals surface area contributed by atoms with Crippen LogP contribution in [0.4, 0.5) is 0 Å². The zero-order valence-electron chi connectivity index (χ0n) is 9.47. The van der Waals surface area contributed by atoms with E-state index in [0.29, 0.717) is 5.76 Å². The van der Waals surface area contributed by atoms with Gasteiger partial charge in [-0.05, 0) is 19.1 Å². The maximum Gasteiger partial charge on any atom is 0.135 e. The Labute approximate surface area is 99.8 Å². The normalized spacial score (nSPS) is 12.4.